The summed E-state index contributed by atoms with van der Waals surface area (Å²) < 4.78 is 0. The highest BCUT2D eigenvalue weighted by molar-refractivity contribution is 5.06. The monoisotopic (exact) mass is 178 g/mol. The van der Waals surface area contributed by atoms with Crippen molar-refractivity contribution in [3.05, 3.63) is 24.8 Å². The van der Waals surface area contributed by atoms with Crippen LogP contribution in [0.5, 0.6) is 0 Å². The van der Waals surface area contributed by atoms with E-state index in [9.17, 15) is 0 Å². The molecule has 0 aromatic heterocycles. The highest BCUT2D eigenvalue weighted by atomic mass is 14.3. The van der Waals surface area contributed by atoms with Crippen LogP contribution < -0.4 is 0 Å². The third kappa shape index (κ3) is 3.80. The maximum atomic E-state index is 3.60. The van der Waals surface area contributed by atoms with Gasteiger partial charge in [0.15, 0.2) is 0 Å². The van der Waals surface area contributed by atoms with E-state index in [0.717, 1.165) is 11.8 Å². The molecule has 13 heavy (non-hydrogen) atoms. The summed E-state index contributed by atoms with van der Waals surface area (Å²) in [6, 6.07) is 0. The van der Waals surface area contributed by atoms with Gasteiger partial charge in [0.05, 0.1) is 0 Å². The van der Waals surface area contributed by atoms with Gasteiger partial charge in [-0.2, -0.15) is 0 Å². The number of allylic oxidation sites excluding steroid dienone is 3. The lowest BCUT2D eigenvalue weighted by molar-refractivity contribution is 0.691. The van der Waals surface area contributed by atoms with Crippen LogP contribution in [0.3, 0.4) is 0 Å². The van der Waals surface area contributed by atoms with Crippen molar-refractivity contribution in [2.75, 3.05) is 0 Å². The molecule has 0 nitrogen and oxygen atoms in total. The lowest BCUT2D eigenvalue weighted by atomic mass is 10.1. The molecule has 0 aliphatic heterocycles. The highest BCUT2D eigenvalue weighted by Crippen LogP contribution is 2.38. The van der Waals surface area contributed by atoms with Gasteiger partial charge in [-0.05, 0) is 37.5 Å². The number of unbranched alkanes of at least 4 members (excludes halogenated alkanes) is 2. The van der Waals surface area contributed by atoms with Crippen LogP contribution in [0.1, 0.15) is 45.4 Å². The summed E-state index contributed by atoms with van der Waals surface area (Å²) in [5.74, 6) is 1.98. The zero-order valence-corrected chi connectivity index (χ0v) is 8.84. The second kappa shape index (κ2) is 6.01. The van der Waals surface area contributed by atoms with Crippen molar-refractivity contribution in [2.45, 2.75) is 45.4 Å². The molecule has 0 radical (unpaired) electrons. The molecule has 1 fully saturated rings. The van der Waals surface area contributed by atoms with Gasteiger partial charge >= 0.3 is 0 Å². The molecule has 74 valence electrons. The van der Waals surface area contributed by atoms with Crippen molar-refractivity contribution >= 4 is 0 Å². The standard InChI is InChI=1S/C7H10.C6H12/c1-2-7-4-3-6(1)5-7;1-3-5-6-4-2/h1-2,6-7H,3-5H2;3H,1,4-6H2,2H3. The summed E-state index contributed by atoms with van der Waals surface area (Å²) in [5, 5.41) is 0. The molecule has 2 rings (SSSR count). The van der Waals surface area contributed by atoms with Crippen LogP contribution in [0.15, 0.2) is 24.8 Å². The Kier molecular flexibility index (Phi) is 4.88. The zero-order valence-electron chi connectivity index (χ0n) is 8.84. The fourth-order valence-electron chi connectivity index (χ4n) is 2.07. The molecule has 0 N–H and O–H groups in total. The minimum absolute atomic E-state index is 0.991. The predicted octanol–water partition coefficient (Wildman–Crippen LogP) is 4.34. The van der Waals surface area contributed by atoms with Gasteiger partial charge in [-0.25, -0.2) is 0 Å². The predicted molar refractivity (Wildman–Crippen MR) is 59.7 cm³/mol. The third-order valence-corrected chi connectivity index (χ3v) is 2.93. The highest BCUT2D eigenvalue weighted by Gasteiger charge is 2.25. The van der Waals surface area contributed by atoms with Crippen LogP contribution in [0, 0.1) is 11.8 Å². The smallest absolute Gasteiger partial charge is 0.0228 e. The number of fused-ring (bicyclic) bond motifs is 2. The molecule has 2 unspecified atom stereocenters. The van der Waals surface area contributed by atoms with E-state index in [-0.39, 0.29) is 0 Å². The largest absolute Gasteiger partial charge is 0.103 e. The maximum absolute atomic E-state index is 3.60. The van der Waals surface area contributed by atoms with Crippen LogP contribution in [0.2, 0.25) is 0 Å². The van der Waals surface area contributed by atoms with Gasteiger partial charge in [-0.3, -0.25) is 0 Å². The average Bonchev–Trinajstić information content (AvgIpc) is 2.79. The molecular weight excluding hydrogens is 156 g/mol. The van der Waals surface area contributed by atoms with Gasteiger partial charge < -0.3 is 0 Å². The van der Waals surface area contributed by atoms with Crippen molar-refractivity contribution in [3.8, 4) is 0 Å². The third-order valence-electron chi connectivity index (χ3n) is 2.93. The second-order valence-corrected chi connectivity index (χ2v) is 4.15. The minimum atomic E-state index is 0.991. The molecule has 0 amide bonds. The second-order valence-electron chi connectivity index (χ2n) is 4.15. The fraction of sp³-hybridized carbons (Fsp3) is 0.692. The van der Waals surface area contributed by atoms with E-state index in [2.05, 4.69) is 25.7 Å². The summed E-state index contributed by atoms with van der Waals surface area (Å²) in [7, 11) is 0. The van der Waals surface area contributed by atoms with Crippen molar-refractivity contribution < 1.29 is 0 Å². The first-order valence-electron chi connectivity index (χ1n) is 5.66. The first kappa shape index (κ1) is 10.6. The first-order valence-corrected chi connectivity index (χ1v) is 5.66. The maximum Gasteiger partial charge on any atom is -0.0228 e. The van der Waals surface area contributed by atoms with Crippen LogP contribution in [-0.2, 0) is 0 Å². The number of rotatable bonds is 3. The van der Waals surface area contributed by atoms with E-state index in [4.69, 9.17) is 0 Å². The Morgan fingerprint density at radius 2 is 1.92 bits per heavy atom. The molecular formula is C13H22. The lowest BCUT2D eigenvalue weighted by Gasteiger charge is -1.96. The van der Waals surface area contributed by atoms with Gasteiger partial charge in [0.2, 0.25) is 0 Å². The van der Waals surface area contributed by atoms with Crippen molar-refractivity contribution in [2.24, 2.45) is 11.8 Å². The van der Waals surface area contributed by atoms with E-state index in [1.54, 1.807) is 0 Å². The first-order chi connectivity index (χ1) is 6.36. The Balaban J connectivity index is 0.000000133. The Labute approximate surface area is 82.7 Å². The average molecular weight is 178 g/mol. The summed E-state index contributed by atoms with van der Waals surface area (Å²) >= 11 is 0. The Hall–Kier alpha value is -0.520. The minimum Gasteiger partial charge on any atom is -0.103 e. The van der Waals surface area contributed by atoms with E-state index < -0.39 is 0 Å². The molecule has 2 aliphatic carbocycles. The summed E-state index contributed by atoms with van der Waals surface area (Å²) in [5.41, 5.74) is 0. The summed E-state index contributed by atoms with van der Waals surface area (Å²) in [6.45, 7) is 5.78. The molecule has 2 bridgehead atoms. The molecule has 0 spiro atoms. The molecule has 0 aromatic carbocycles. The van der Waals surface area contributed by atoms with E-state index in [0.29, 0.717) is 0 Å². The van der Waals surface area contributed by atoms with Gasteiger partial charge in [-0.1, -0.05) is 38.0 Å². The Bertz CT molecular complexity index is 155. The van der Waals surface area contributed by atoms with E-state index in [1.165, 1.54) is 38.5 Å². The van der Waals surface area contributed by atoms with Crippen LogP contribution in [-0.4, -0.2) is 0 Å². The quantitative estimate of drug-likeness (QED) is 0.445. The molecule has 1 saturated carbocycles. The Morgan fingerprint density at radius 3 is 2.08 bits per heavy atom. The molecule has 0 heteroatoms. The SMILES string of the molecule is C1=CC2CCC1C2.C=CCCCC. The Morgan fingerprint density at radius 1 is 1.31 bits per heavy atom. The van der Waals surface area contributed by atoms with Crippen molar-refractivity contribution in [1.29, 1.82) is 0 Å². The molecule has 2 aliphatic rings. The molecule has 0 heterocycles. The summed E-state index contributed by atoms with van der Waals surface area (Å²) in [4.78, 5) is 0. The zero-order chi connectivity index (χ0) is 9.52. The molecule has 2 atom stereocenters. The van der Waals surface area contributed by atoms with E-state index in [1.807, 2.05) is 6.08 Å². The normalized spacial score (nSPS) is 28.4. The van der Waals surface area contributed by atoms with Gasteiger partial charge in [0.25, 0.3) is 0 Å². The van der Waals surface area contributed by atoms with Crippen LogP contribution in [0.4, 0.5) is 0 Å². The van der Waals surface area contributed by atoms with Gasteiger partial charge in [-0.15, -0.1) is 6.58 Å². The topological polar surface area (TPSA) is 0 Å². The van der Waals surface area contributed by atoms with Gasteiger partial charge in [0.1, 0.15) is 0 Å². The van der Waals surface area contributed by atoms with E-state index >= 15 is 0 Å². The molecule has 0 saturated heterocycles. The van der Waals surface area contributed by atoms with Crippen LogP contribution in [0.25, 0.3) is 0 Å². The number of hydrogen-bond acceptors (Lipinski definition) is 0. The van der Waals surface area contributed by atoms with Crippen molar-refractivity contribution in [1.82, 2.24) is 0 Å². The van der Waals surface area contributed by atoms with Crippen LogP contribution >= 0.6 is 0 Å². The van der Waals surface area contributed by atoms with Gasteiger partial charge in [0, 0.05) is 0 Å². The van der Waals surface area contributed by atoms with Crippen molar-refractivity contribution in [3.63, 3.8) is 0 Å². The molecule has 0 aromatic rings. The number of hydrogen-bond donors (Lipinski definition) is 0. The fourth-order valence-corrected chi connectivity index (χ4v) is 2.07. The summed E-state index contributed by atoms with van der Waals surface area (Å²) in [6.07, 6.45) is 14.9. The lowest BCUT2D eigenvalue weighted by Crippen LogP contribution is -1.82.